The van der Waals surface area contributed by atoms with Crippen LogP contribution in [0.1, 0.15) is 18.6 Å². The Morgan fingerprint density at radius 1 is 1.30 bits per heavy atom. The quantitative estimate of drug-likeness (QED) is 0.537. The molecule has 4 N–H and O–H groups in total. The summed E-state index contributed by atoms with van der Waals surface area (Å²) in [6.07, 6.45) is -0.748. The standard InChI is InChI=1S/C14H22N2O4/c1-11(19)15-13-4-2-3-12(9-13)14(20)10-16(5-7-17)6-8-18/h2-4,9,14,17-18,20H,5-8,10H2,1H3,(H,15,19). The Bertz CT molecular complexity index is 419. The largest absolute Gasteiger partial charge is 0.395 e. The van der Waals surface area contributed by atoms with Crippen molar-refractivity contribution in [2.75, 3.05) is 38.2 Å². The maximum Gasteiger partial charge on any atom is 0.221 e. The third kappa shape index (κ3) is 5.66. The van der Waals surface area contributed by atoms with Crippen LogP contribution in [-0.4, -0.2) is 59.0 Å². The minimum absolute atomic E-state index is 0.0291. The molecule has 1 unspecified atom stereocenters. The van der Waals surface area contributed by atoms with Gasteiger partial charge in [0.25, 0.3) is 0 Å². The summed E-state index contributed by atoms with van der Waals surface area (Å²) in [5.41, 5.74) is 1.31. The summed E-state index contributed by atoms with van der Waals surface area (Å²) in [7, 11) is 0. The average molecular weight is 282 g/mol. The number of aliphatic hydroxyl groups excluding tert-OH is 3. The van der Waals surface area contributed by atoms with E-state index < -0.39 is 6.10 Å². The Morgan fingerprint density at radius 2 is 1.95 bits per heavy atom. The van der Waals surface area contributed by atoms with Crippen LogP contribution in [0, 0.1) is 0 Å². The number of carbonyl (C=O) groups is 1. The predicted molar refractivity (Wildman–Crippen MR) is 76.3 cm³/mol. The predicted octanol–water partition coefficient (Wildman–Crippen LogP) is -0.0350. The summed E-state index contributed by atoms with van der Waals surface area (Å²) in [6.45, 7) is 2.46. The second kappa shape index (κ2) is 8.65. The molecule has 1 amide bonds. The van der Waals surface area contributed by atoms with Crippen molar-refractivity contribution in [1.29, 1.82) is 0 Å². The summed E-state index contributed by atoms with van der Waals surface area (Å²) in [6, 6.07) is 6.98. The molecule has 1 atom stereocenters. The lowest BCUT2D eigenvalue weighted by Crippen LogP contribution is -2.33. The van der Waals surface area contributed by atoms with Crippen molar-refractivity contribution in [2.45, 2.75) is 13.0 Å². The van der Waals surface area contributed by atoms with Crippen LogP contribution < -0.4 is 5.32 Å². The number of rotatable bonds is 8. The first-order valence-corrected chi connectivity index (χ1v) is 6.56. The number of nitrogens with zero attached hydrogens (tertiary/aromatic N) is 1. The highest BCUT2D eigenvalue weighted by molar-refractivity contribution is 5.88. The van der Waals surface area contributed by atoms with Gasteiger partial charge in [-0.3, -0.25) is 9.69 Å². The van der Waals surface area contributed by atoms with Gasteiger partial charge in [0.2, 0.25) is 5.91 Å². The maximum absolute atomic E-state index is 11.0. The van der Waals surface area contributed by atoms with Crippen molar-refractivity contribution >= 4 is 11.6 Å². The highest BCUT2D eigenvalue weighted by atomic mass is 16.3. The number of anilines is 1. The van der Waals surface area contributed by atoms with E-state index >= 15 is 0 Å². The molecule has 1 rings (SSSR count). The normalized spacial score (nSPS) is 12.4. The van der Waals surface area contributed by atoms with Gasteiger partial charge < -0.3 is 20.6 Å². The van der Waals surface area contributed by atoms with E-state index in [2.05, 4.69) is 5.32 Å². The smallest absolute Gasteiger partial charge is 0.221 e. The Labute approximate surface area is 118 Å². The minimum atomic E-state index is -0.748. The van der Waals surface area contributed by atoms with Gasteiger partial charge >= 0.3 is 0 Å². The first kappa shape index (κ1) is 16.6. The summed E-state index contributed by atoms with van der Waals surface area (Å²) >= 11 is 0. The molecule has 112 valence electrons. The molecule has 0 aliphatic carbocycles. The van der Waals surface area contributed by atoms with E-state index in [1.54, 1.807) is 29.2 Å². The first-order valence-electron chi connectivity index (χ1n) is 6.56. The van der Waals surface area contributed by atoms with Crippen molar-refractivity contribution in [2.24, 2.45) is 0 Å². The van der Waals surface area contributed by atoms with E-state index in [0.717, 1.165) is 0 Å². The zero-order valence-electron chi connectivity index (χ0n) is 11.6. The highest BCUT2D eigenvalue weighted by Crippen LogP contribution is 2.18. The fourth-order valence-electron chi connectivity index (χ4n) is 1.95. The van der Waals surface area contributed by atoms with Crippen LogP contribution >= 0.6 is 0 Å². The highest BCUT2D eigenvalue weighted by Gasteiger charge is 2.13. The molecule has 20 heavy (non-hydrogen) atoms. The van der Waals surface area contributed by atoms with Gasteiger partial charge in [-0.05, 0) is 17.7 Å². The molecule has 6 heteroatoms. The molecule has 1 aromatic carbocycles. The minimum Gasteiger partial charge on any atom is -0.395 e. The van der Waals surface area contributed by atoms with E-state index in [-0.39, 0.29) is 19.1 Å². The number of hydrogen-bond donors (Lipinski definition) is 4. The number of aliphatic hydroxyl groups is 3. The Kier molecular flexibility index (Phi) is 7.17. The van der Waals surface area contributed by atoms with E-state index in [1.165, 1.54) is 6.92 Å². The van der Waals surface area contributed by atoms with Crippen LogP contribution in [0.15, 0.2) is 24.3 Å². The van der Waals surface area contributed by atoms with Crippen molar-refractivity contribution in [3.05, 3.63) is 29.8 Å². The monoisotopic (exact) mass is 282 g/mol. The summed E-state index contributed by atoms with van der Waals surface area (Å²) in [5.74, 6) is -0.168. The van der Waals surface area contributed by atoms with Crippen LogP contribution in [0.3, 0.4) is 0 Å². The van der Waals surface area contributed by atoms with Gasteiger partial charge in [-0.2, -0.15) is 0 Å². The summed E-state index contributed by atoms with van der Waals surface area (Å²) in [5, 5.41) is 30.7. The van der Waals surface area contributed by atoms with Gasteiger partial charge in [0.1, 0.15) is 0 Å². The lowest BCUT2D eigenvalue weighted by molar-refractivity contribution is -0.114. The molecular formula is C14H22N2O4. The van der Waals surface area contributed by atoms with E-state index in [4.69, 9.17) is 10.2 Å². The maximum atomic E-state index is 11.0. The van der Waals surface area contributed by atoms with Gasteiger partial charge in [0.15, 0.2) is 0 Å². The lowest BCUT2D eigenvalue weighted by atomic mass is 10.1. The first-order chi connectivity index (χ1) is 9.56. The molecule has 1 aromatic rings. The van der Waals surface area contributed by atoms with Gasteiger partial charge in [-0.15, -0.1) is 0 Å². The molecule has 0 saturated heterocycles. The Hall–Kier alpha value is -1.47. The third-order valence-corrected chi connectivity index (χ3v) is 2.86. The van der Waals surface area contributed by atoms with E-state index in [0.29, 0.717) is 30.9 Å². The fourth-order valence-corrected chi connectivity index (χ4v) is 1.95. The average Bonchev–Trinajstić information content (AvgIpc) is 2.38. The lowest BCUT2D eigenvalue weighted by Gasteiger charge is -2.23. The van der Waals surface area contributed by atoms with Crippen LogP contribution in [0.5, 0.6) is 0 Å². The molecule has 6 nitrogen and oxygen atoms in total. The van der Waals surface area contributed by atoms with E-state index in [1.807, 2.05) is 0 Å². The van der Waals surface area contributed by atoms with Crippen LogP contribution in [0.2, 0.25) is 0 Å². The second-order valence-electron chi connectivity index (χ2n) is 4.57. The topological polar surface area (TPSA) is 93.0 Å². The zero-order chi connectivity index (χ0) is 15.0. The van der Waals surface area contributed by atoms with Gasteiger partial charge in [0, 0.05) is 32.2 Å². The molecule has 0 radical (unpaired) electrons. The van der Waals surface area contributed by atoms with Gasteiger partial charge in [-0.25, -0.2) is 0 Å². The molecule has 0 bridgehead atoms. The summed E-state index contributed by atoms with van der Waals surface area (Å²) in [4.78, 5) is 12.8. The van der Waals surface area contributed by atoms with Crippen LogP contribution in [0.4, 0.5) is 5.69 Å². The van der Waals surface area contributed by atoms with Crippen molar-refractivity contribution in [1.82, 2.24) is 4.90 Å². The third-order valence-electron chi connectivity index (χ3n) is 2.86. The summed E-state index contributed by atoms with van der Waals surface area (Å²) < 4.78 is 0. The van der Waals surface area contributed by atoms with E-state index in [9.17, 15) is 9.90 Å². The fraction of sp³-hybridized carbons (Fsp3) is 0.500. The molecular weight excluding hydrogens is 260 g/mol. The van der Waals surface area contributed by atoms with Gasteiger partial charge in [0.05, 0.1) is 19.3 Å². The molecule has 0 aliphatic rings. The zero-order valence-corrected chi connectivity index (χ0v) is 11.6. The van der Waals surface area contributed by atoms with Gasteiger partial charge in [-0.1, -0.05) is 12.1 Å². The Balaban J connectivity index is 2.69. The van der Waals surface area contributed by atoms with Crippen LogP contribution in [0.25, 0.3) is 0 Å². The number of nitrogens with one attached hydrogen (secondary N) is 1. The number of amides is 1. The number of benzene rings is 1. The molecule has 0 fully saturated rings. The second-order valence-corrected chi connectivity index (χ2v) is 4.57. The Morgan fingerprint density at radius 3 is 2.50 bits per heavy atom. The molecule has 0 saturated carbocycles. The molecule has 0 aromatic heterocycles. The molecule has 0 heterocycles. The molecule has 0 aliphatic heterocycles. The number of carbonyl (C=O) groups excluding carboxylic acids is 1. The number of hydrogen-bond acceptors (Lipinski definition) is 5. The van der Waals surface area contributed by atoms with Crippen LogP contribution in [-0.2, 0) is 4.79 Å². The molecule has 0 spiro atoms. The van der Waals surface area contributed by atoms with Crippen molar-refractivity contribution < 1.29 is 20.1 Å². The van der Waals surface area contributed by atoms with Crippen molar-refractivity contribution in [3.63, 3.8) is 0 Å². The SMILES string of the molecule is CC(=O)Nc1cccc(C(O)CN(CCO)CCO)c1. The van der Waals surface area contributed by atoms with Crippen molar-refractivity contribution in [3.8, 4) is 0 Å².